The van der Waals surface area contributed by atoms with Crippen molar-refractivity contribution in [3.05, 3.63) is 48.4 Å². The molecule has 0 aliphatic carbocycles. The molecule has 2 aromatic rings. The Morgan fingerprint density at radius 3 is 2.84 bits per heavy atom. The summed E-state index contributed by atoms with van der Waals surface area (Å²) in [5.74, 6) is 0.197. The highest BCUT2D eigenvalue weighted by Crippen LogP contribution is 2.22. The Morgan fingerprint density at radius 2 is 2.13 bits per heavy atom. The molecule has 1 aliphatic heterocycles. The second-order valence-electron chi connectivity index (χ2n) is 6.78. The van der Waals surface area contributed by atoms with Gasteiger partial charge in [0.05, 0.1) is 11.4 Å². The molecule has 0 aromatic carbocycles. The van der Waals surface area contributed by atoms with Gasteiger partial charge in [-0.25, -0.2) is 19.8 Å². The van der Waals surface area contributed by atoms with Crippen LogP contribution in [0.15, 0.2) is 41.8 Å². The Balaban J connectivity index is 0.00000272. The van der Waals surface area contributed by atoms with Crippen LogP contribution in [0.4, 0.5) is 26.5 Å². The fourth-order valence-corrected chi connectivity index (χ4v) is 3.14. The van der Waals surface area contributed by atoms with E-state index in [0.717, 1.165) is 18.8 Å². The molecule has 31 heavy (non-hydrogen) atoms. The third-order valence-electron chi connectivity index (χ3n) is 4.62. The molecule has 0 spiro atoms. The Labute approximate surface area is 183 Å². The van der Waals surface area contributed by atoms with Gasteiger partial charge in [-0.3, -0.25) is 10.2 Å². The van der Waals surface area contributed by atoms with Gasteiger partial charge >= 0.3 is 6.03 Å². The minimum atomic E-state index is -0.545. The predicted octanol–water partition coefficient (Wildman–Crippen LogP) is 2.14. The van der Waals surface area contributed by atoms with Gasteiger partial charge < -0.3 is 16.0 Å². The van der Waals surface area contributed by atoms with Crippen molar-refractivity contribution in [1.82, 2.24) is 25.2 Å². The van der Waals surface area contributed by atoms with Crippen molar-refractivity contribution in [1.29, 1.82) is 0 Å². The van der Waals surface area contributed by atoms with Crippen molar-refractivity contribution < 1.29 is 12.0 Å². The van der Waals surface area contributed by atoms with Crippen molar-refractivity contribution in [2.45, 2.75) is 13.5 Å². The normalized spacial score (nSPS) is 15.0. The van der Waals surface area contributed by atoms with Gasteiger partial charge in [0, 0.05) is 54.4 Å². The van der Waals surface area contributed by atoms with Crippen LogP contribution in [0.3, 0.4) is 0 Å². The van der Waals surface area contributed by atoms with Crippen molar-refractivity contribution in [3.8, 4) is 0 Å². The molecule has 0 radical (unpaired) electrons. The quantitative estimate of drug-likeness (QED) is 0.453. The number of hydrogen-bond acceptors (Lipinski definition) is 8. The van der Waals surface area contributed by atoms with Crippen molar-refractivity contribution >= 4 is 29.6 Å². The van der Waals surface area contributed by atoms with Gasteiger partial charge in [0.1, 0.15) is 12.1 Å². The van der Waals surface area contributed by atoms with Gasteiger partial charge in [-0.15, -0.1) is 0 Å². The highest BCUT2D eigenvalue weighted by molar-refractivity contribution is 5.88. The van der Waals surface area contributed by atoms with E-state index < -0.39 is 5.95 Å². The first-order valence-electron chi connectivity index (χ1n) is 9.99. The van der Waals surface area contributed by atoms with E-state index in [1.807, 2.05) is 11.8 Å². The molecule has 1 fully saturated rings. The summed E-state index contributed by atoms with van der Waals surface area (Å²) in [5, 5.41) is 5.34. The number of rotatable bonds is 7. The van der Waals surface area contributed by atoms with Crippen molar-refractivity contribution in [2.24, 2.45) is 10.7 Å². The molecule has 0 bridgehead atoms. The SMILES string of the molecule is CCNC(=O)Nc1cc(CN2CCN(c3ccc(N=C/C=C\N)nc3F)CC2)ncn1.[HH].[HH]. The standard InChI is InChI=1S/C20H26FN9O.2H2/c1-2-23-20(31)28-18-12-15(25-14-26-18)13-29-8-10-30(11-9-29)16-4-5-17(27-19(16)21)24-7-3-6-22;;/h3-7,12,14H,2,8-11,13,22H2,1H3,(H2,23,25,26,28,31);2*1H/b6-3-,24-7?;;. The number of halogens is 1. The summed E-state index contributed by atoms with van der Waals surface area (Å²) in [6.07, 6.45) is 5.78. The Kier molecular flexibility index (Phi) is 7.82. The number of carbonyl (C=O) groups excluding carboxylic acids is 1. The number of anilines is 2. The Hall–Kier alpha value is -3.60. The lowest BCUT2D eigenvalue weighted by Gasteiger charge is -2.35. The lowest BCUT2D eigenvalue weighted by Crippen LogP contribution is -2.46. The van der Waals surface area contributed by atoms with Crippen molar-refractivity contribution in [3.63, 3.8) is 0 Å². The number of hydrogen-bond donors (Lipinski definition) is 3. The summed E-state index contributed by atoms with van der Waals surface area (Å²) in [6.45, 7) is 5.79. The Bertz CT molecular complexity index is 953. The molecule has 3 rings (SSSR count). The number of urea groups is 1. The first kappa shape index (κ1) is 22.1. The second kappa shape index (κ2) is 11.0. The van der Waals surface area contributed by atoms with E-state index in [9.17, 15) is 9.18 Å². The molecule has 11 heteroatoms. The minimum Gasteiger partial charge on any atom is -0.405 e. The summed E-state index contributed by atoms with van der Waals surface area (Å²) >= 11 is 0. The average molecular weight is 432 g/mol. The molecule has 4 N–H and O–H groups in total. The molecular weight excluding hydrogens is 401 g/mol. The van der Waals surface area contributed by atoms with Gasteiger partial charge in [0.25, 0.3) is 0 Å². The van der Waals surface area contributed by atoms with E-state index in [1.54, 1.807) is 24.3 Å². The lowest BCUT2D eigenvalue weighted by molar-refractivity contribution is 0.246. The third-order valence-corrected chi connectivity index (χ3v) is 4.62. The summed E-state index contributed by atoms with van der Waals surface area (Å²) in [7, 11) is 0. The molecule has 2 amide bonds. The van der Waals surface area contributed by atoms with Crippen LogP contribution in [0.1, 0.15) is 15.5 Å². The lowest BCUT2D eigenvalue weighted by atomic mass is 10.2. The van der Waals surface area contributed by atoms with Crippen LogP contribution >= 0.6 is 0 Å². The molecule has 0 saturated carbocycles. The molecule has 1 saturated heterocycles. The second-order valence-corrected chi connectivity index (χ2v) is 6.78. The fraction of sp³-hybridized carbons (Fsp3) is 0.350. The number of allylic oxidation sites excluding steroid dienone is 1. The zero-order valence-electron chi connectivity index (χ0n) is 17.3. The summed E-state index contributed by atoms with van der Waals surface area (Å²) in [5.41, 5.74) is 6.50. The summed E-state index contributed by atoms with van der Waals surface area (Å²) in [4.78, 5) is 32.1. The van der Waals surface area contributed by atoms with Crippen molar-refractivity contribution in [2.75, 3.05) is 42.9 Å². The van der Waals surface area contributed by atoms with Gasteiger partial charge in [-0.1, -0.05) is 0 Å². The molecule has 3 heterocycles. The summed E-state index contributed by atoms with van der Waals surface area (Å²) in [6, 6.07) is 4.82. The third kappa shape index (κ3) is 6.44. The number of aliphatic imine (C=N–C) groups is 1. The van der Waals surface area contributed by atoms with E-state index in [-0.39, 0.29) is 8.88 Å². The zero-order valence-corrected chi connectivity index (χ0v) is 17.3. The van der Waals surface area contributed by atoms with E-state index in [4.69, 9.17) is 5.73 Å². The van der Waals surface area contributed by atoms with E-state index in [2.05, 4.69) is 35.5 Å². The number of piperazine rings is 1. The zero-order chi connectivity index (χ0) is 22.1. The smallest absolute Gasteiger partial charge is 0.320 e. The number of nitrogens with two attached hydrogens (primary N) is 1. The average Bonchev–Trinajstić information content (AvgIpc) is 2.75. The van der Waals surface area contributed by atoms with Crippen LogP contribution in [0.5, 0.6) is 0 Å². The van der Waals surface area contributed by atoms with Crippen LogP contribution in [0, 0.1) is 5.95 Å². The fourth-order valence-electron chi connectivity index (χ4n) is 3.14. The first-order chi connectivity index (χ1) is 15.1. The van der Waals surface area contributed by atoms with E-state index in [0.29, 0.717) is 43.5 Å². The number of nitrogens with one attached hydrogen (secondary N) is 2. The number of aromatic nitrogens is 3. The highest BCUT2D eigenvalue weighted by Gasteiger charge is 2.21. The highest BCUT2D eigenvalue weighted by atomic mass is 19.1. The molecule has 10 nitrogen and oxygen atoms in total. The van der Waals surface area contributed by atoms with Crippen LogP contribution in [0.25, 0.3) is 0 Å². The number of amides is 2. The van der Waals surface area contributed by atoms with Gasteiger partial charge in [-0.05, 0) is 31.3 Å². The molecular formula is C20H30FN9O. The predicted molar refractivity (Wildman–Crippen MR) is 122 cm³/mol. The Morgan fingerprint density at radius 1 is 1.32 bits per heavy atom. The molecule has 1 aliphatic rings. The van der Waals surface area contributed by atoms with E-state index >= 15 is 0 Å². The van der Waals surface area contributed by atoms with Gasteiger partial charge in [-0.2, -0.15) is 9.37 Å². The molecule has 0 unspecified atom stereocenters. The van der Waals surface area contributed by atoms with Crippen LogP contribution in [-0.4, -0.2) is 64.8 Å². The summed E-state index contributed by atoms with van der Waals surface area (Å²) < 4.78 is 14.5. The van der Waals surface area contributed by atoms with Gasteiger partial charge in [0.2, 0.25) is 5.95 Å². The minimum absolute atomic E-state index is 0. The van der Waals surface area contributed by atoms with Crippen LogP contribution < -0.4 is 21.3 Å². The number of carbonyl (C=O) groups is 1. The molecule has 168 valence electrons. The topological polar surface area (TPSA) is 125 Å². The maximum Gasteiger partial charge on any atom is 0.320 e. The monoisotopic (exact) mass is 431 g/mol. The maximum absolute atomic E-state index is 14.5. The molecule has 0 atom stereocenters. The van der Waals surface area contributed by atoms with E-state index in [1.165, 1.54) is 18.7 Å². The number of nitrogens with zero attached hydrogens (tertiary/aromatic N) is 6. The largest absolute Gasteiger partial charge is 0.405 e. The van der Waals surface area contributed by atoms with Crippen LogP contribution in [0.2, 0.25) is 0 Å². The number of pyridine rings is 1. The first-order valence-corrected chi connectivity index (χ1v) is 9.99. The van der Waals surface area contributed by atoms with Crippen LogP contribution in [-0.2, 0) is 6.54 Å². The maximum atomic E-state index is 14.5. The van der Waals surface area contributed by atoms with Gasteiger partial charge in [0.15, 0.2) is 5.82 Å². The molecule has 2 aromatic heterocycles.